The maximum Gasteiger partial charge on any atom is 0.123 e. The fourth-order valence-corrected chi connectivity index (χ4v) is 2.85. The minimum absolute atomic E-state index is 0.0435. The number of para-hydroxylation sites is 1. The van der Waals surface area contributed by atoms with E-state index in [9.17, 15) is 0 Å². The first-order chi connectivity index (χ1) is 8.74. The molecule has 0 spiro atoms. The Morgan fingerprint density at radius 3 is 2.94 bits per heavy atom. The zero-order chi connectivity index (χ0) is 13.0. The number of nitrogens with two attached hydrogens (primary N) is 1. The lowest BCUT2D eigenvalue weighted by molar-refractivity contribution is 0.233. The van der Waals surface area contributed by atoms with Crippen molar-refractivity contribution in [3.05, 3.63) is 42.5 Å². The predicted octanol–water partition coefficient (Wildman–Crippen LogP) is 3.41. The van der Waals surface area contributed by atoms with E-state index in [2.05, 4.69) is 25.6 Å². The van der Waals surface area contributed by atoms with Gasteiger partial charge in [0.15, 0.2) is 0 Å². The van der Waals surface area contributed by atoms with E-state index in [1.807, 2.05) is 18.2 Å². The number of rotatable bonds is 6. The molecule has 0 bridgehead atoms. The van der Waals surface area contributed by atoms with Gasteiger partial charge in [-0.05, 0) is 12.5 Å². The third-order valence-corrected chi connectivity index (χ3v) is 4.03. The van der Waals surface area contributed by atoms with Crippen molar-refractivity contribution in [3.63, 3.8) is 0 Å². The Hall–Kier alpha value is -1.28. The first kappa shape index (κ1) is 13.2. The predicted molar refractivity (Wildman–Crippen MR) is 75.9 cm³/mol. The van der Waals surface area contributed by atoms with Crippen molar-refractivity contribution < 1.29 is 4.74 Å². The van der Waals surface area contributed by atoms with Gasteiger partial charge in [-0.15, -0.1) is 6.58 Å². The third-order valence-electron chi connectivity index (χ3n) is 4.03. The fourth-order valence-electron chi connectivity index (χ4n) is 2.85. The molecule has 0 saturated heterocycles. The average molecular weight is 245 g/mol. The summed E-state index contributed by atoms with van der Waals surface area (Å²) in [5.74, 6) is 0.992. The topological polar surface area (TPSA) is 35.2 Å². The zero-order valence-corrected chi connectivity index (χ0v) is 11.2. The number of unbranched alkanes of at least 4 members (excludes halogenated alkanes) is 2. The smallest absolute Gasteiger partial charge is 0.123 e. The first-order valence-electron chi connectivity index (χ1n) is 6.85. The van der Waals surface area contributed by atoms with E-state index in [-0.39, 0.29) is 11.5 Å². The van der Waals surface area contributed by atoms with Crippen molar-refractivity contribution in [3.8, 4) is 5.75 Å². The van der Waals surface area contributed by atoms with E-state index in [1.165, 1.54) is 24.8 Å². The summed E-state index contributed by atoms with van der Waals surface area (Å²) in [4.78, 5) is 0. The Balaban J connectivity index is 2.29. The van der Waals surface area contributed by atoms with Gasteiger partial charge in [0.25, 0.3) is 0 Å². The first-order valence-corrected chi connectivity index (χ1v) is 6.85. The normalized spacial score (nSPS) is 23.2. The number of hydrogen-bond acceptors (Lipinski definition) is 2. The van der Waals surface area contributed by atoms with E-state index in [0.717, 1.165) is 12.2 Å². The van der Waals surface area contributed by atoms with Crippen LogP contribution in [0.15, 0.2) is 36.9 Å². The lowest BCUT2D eigenvalue weighted by atomic mass is 9.72. The highest BCUT2D eigenvalue weighted by molar-refractivity contribution is 5.45. The van der Waals surface area contributed by atoms with E-state index in [0.29, 0.717) is 6.61 Å². The van der Waals surface area contributed by atoms with Crippen molar-refractivity contribution in [1.29, 1.82) is 0 Å². The Bertz CT molecular complexity index is 415. The minimum Gasteiger partial charge on any atom is -0.492 e. The van der Waals surface area contributed by atoms with Gasteiger partial charge in [-0.2, -0.15) is 0 Å². The Labute approximate surface area is 110 Å². The molecular weight excluding hydrogens is 222 g/mol. The van der Waals surface area contributed by atoms with Crippen molar-refractivity contribution >= 4 is 0 Å². The van der Waals surface area contributed by atoms with Gasteiger partial charge in [-0.3, -0.25) is 0 Å². The largest absolute Gasteiger partial charge is 0.492 e. The molecule has 2 N–H and O–H groups in total. The van der Waals surface area contributed by atoms with Crippen LogP contribution in [0.4, 0.5) is 0 Å². The van der Waals surface area contributed by atoms with Crippen LogP contribution in [0.1, 0.15) is 38.2 Å². The van der Waals surface area contributed by atoms with E-state index >= 15 is 0 Å². The molecule has 1 aliphatic rings. The van der Waals surface area contributed by atoms with Crippen LogP contribution >= 0.6 is 0 Å². The van der Waals surface area contributed by atoms with E-state index in [1.54, 1.807) is 0 Å². The molecule has 0 saturated carbocycles. The second kappa shape index (κ2) is 5.57. The highest BCUT2D eigenvalue weighted by atomic mass is 16.5. The second-order valence-corrected chi connectivity index (χ2v) is 5.16. The monoisotopic (exact) mass is 245 g/mol. The lowest BCUT2D eigenvalue weighted by Crippen LogP contribution is -2.45. The molecule has 0 radical (unpaired) electrons. The molecule has 98 valence electrons. The lowest BCUT2D eigenvalue weighted by Gasteiger charge is -2.32. The van der Waals surface area contributed by atoms with E-state index in [4.69, 9.17) is 10.5 Å². The van der Waals surface area contributed by atoms with Crippen LogP contribution in [0.25, 0.3) is 0 Å². The Kier molecular flexibility index (Phi) is 4.07. The van der Waals surface area contributed by atoms with Crippen LogP contribution in [0.3, 0.4) is 0 Å². The van der Waals surface area contributed by atoms with Gasteiger partial charge in [0.1, 0.15) is 5.75 Å². The molecule has 0 aromatic heterocycles. The van der Waals surface area contributed by atoms with Crippen molar-refractivity contribution in [2.45, 2.75) is 44.1 Å². The Morgan fingerprint density at radius 2 is 2.22 bits per heavy atom. The van der Waals surface area contributed by atoms with Crippen LogP contribution < -0.4 is 10.5 Å². The average Bonchev–Trinajstić information content (AvgIpc) is 2.79. The highest BCUT2D eigenvalue weighted by Crippen LogP contribution is 2.44. The van der Waals surface area contributed by atoms with Crippen LogP contribution in [-0.2, 0) is 5.41 Å². The summed E-state index contributed by atoms with van der Waals surface area (Å²) in [6.45, 7) is 6.78. The molecule has 2 nitrogen and oxygen atoms in total. The number of benzene rings is 1. The summed E-state index contributed by atoms with van der Waals surface area (Å²) < 4.78 is 5.84. The highest BCUT2D eigenvalue weighted by Gasteiger charge is 2.43. The number of hydrogen-bond donors (Lipinski definition) is 1. The zero-order valence-electron chi connectivity index (χ0n) is 11.2. The van der Waals surface area contributed by atoms with Crippen LogP contribution in [-0.4, -0.2) is 12.6 Å². The number of fused-ring (bicyclic) bond motifs is 1. The molecule has 0 aliphatic carbocycles. The third kappa shape index (κ3) is 2.17. The van der Waals surface area contributed by atoms with Gasteiger partial charge in [0, 0.05) is 11.6 Å². The molecule has 0 fully saturated rings. The number of ether oxygens (including phenoxy) is 1. The summed E-state index contributed by atoms with van der Waals surface area (Å²) in [6.07, 6.45) is 6.59. The van der Waals surface area contributed by atoms with Crippen molar-refractivity contribution in [1.82, 2.24) is 0 Å². The summed E-state index contributed by atoms with van der Waals surface area (Å²) in [7, 11) is 0. The van der Waals surface area contributed by atoms with E-state index < -0.39 is 0 Å². The van der Waals surface area contributed by atoms with Gasteiger partial charge in [-0.1, -0.05) is 50.5 Å². The van der Waals surface area contributed by atoms with Crippen molar-refractivity contribution in [2.75, 3.05) is 6.61 Å². The van der Waals surface area contributed by atoms with Crippen LogP contribution in [0.2, 0.25) is 0 Å². The maximum atomic E-state index is 6.31. The van der Waals surface area contributed by atoms with Gasteiger partial charge in [0.2, 0.25) is 0 Å². The van der Waals surface area contributed by atoms with Gasteiger partial charge in [-0.25, -0.2) is 0 Å². The summed E-state index contributed by atoms with van der Waals surface area (Å²) in [5.41, 5.74) is 7.49. The molecule has 0 amide bonds. The summed E-state index contributed by atoms with van der Waals surface area (Å²) >= 11 is 0. The molecule has 1 aliphatic heterocycles. The van der Waals surface area contributed by atoms with Gasteiger partial charge >= 0.3 is 0 Å². The molecule has 2 rings (SSSR count). The SMILES string of the molecule is C=CC(N)C1(CCCCC)COc2ccccc21. The standard InChI is InChI=1S/C16H23NO/c1-3-5-8-11-16(15(17)4-2)12-18-14-10-7-6-9-13(14)16/h4,6-7,9-10,15H,2-3,5,8,11-12,17H2,1H3. The second-order valence-electron chi connectivity index (χ2n) is 5.16. The van der Waals surface area contributed by atoms with Crippen molar-refractivity contribution in [2.24, 2.45) is 5.73 Å². The summed E-state index contributed by atoms with van der Waals surface area (Å²) in [5, 5.41) is 0. The molecular formula is C16H23NO. The molecule has 2 heteroatoms. The molecule has 1 aromatic rings. The van der Waals surface area contributed by atoms with Crippen LogP contribution in [0, 0.1) is 0 Å². The quantitative estimate of drug-likeness (QED) is 0.615. The maximum absolute atomic E-state index is 6.31. The Morgan fingerprint density at radius 1 is 1.44 bits per heavy atom. The molecule has 1 aromatic carbocycles. The molecule has 1 heterocycles. The fraction of sp³-hybridized carbons (Fsp3) is 0.500. The van der Waals surface area contributed by atoms with Gasteiger partial charge in [0.05, 0.1) is 12.0 Å². The van der Waals surface area contributed by atoms with Crippen LogP contribution in [0.5, 0.6) is 5.75 Å². The molecule has 18 heavy (non-hydrogen) atoms. The molecule has 2 atom stereocenters. The summed E-state index contributed by atoms with van der Waals surface area (Å²) in [6, 6.07) is 8.22. The minimum atomic E-state index is -0.0759. The van der Waals surface area contributed by atoms with Gasteiger partial charge < -0.3 is 10.5 Å². The molecule has 2 unspecified atom stereocenters.